The molecule has 1 unspecified atom stereocenters. The topological polar surface area (TPSA) is 82.7 Å². The van der Waals surface area contributed by atoms with Crippen LogP contribution < -0.4 is 5.56 Å². The van der Waals surface area contributed by atoms with Crippen LogP contribution in [0.3, 0.4) is 0 Å². The lowest BCUT2D eigenvalue weighted by Crippen LogP contribution is -2.24. The molecule has 4 aromatic heterocycles. The maximum atomic E-state index is 12.8. The molecule has 0 aliphatic heterocycles. The third-order valence-electron chi connectivity index (χ3n) is 3.73. The Morgan fingerprint density at radius 3 is 2.79 bits per heavy atom. The van der Waals surface area contributed by atoms with Gasteiger partial charge in [0, 0.05) is 24.1 Å². The van der Waals surface area contributed by atoms with Crippen LogP contribution in [0.2, 0.25) is 0 Å². The Labute approximate surface area is 147 Å². The molecular weight excluding hydrogens is 366 g/mol. The van der Waals surface area contributed by atoms with Crippen molar-refractivity contribution in [3.63, 3.8) is 0 Å². The first-order chi connectivity index (χ1) is 11.5. The summed E-state index contributed by atoms with van der Waals surface area (Å²) in [6.45, 7) is 2.27. The van der Waals surface area contributed by atoms with Gasteiger partial charge in [-0.3, -0.25) is 9.00 Å². The van der Waals surface area contributed by atoms with Crippen molar-refractivity contribution >= 4 is 54.7 Å². The minimum absolute atomic E-state index is 0.176. The van der Waals surface area contributed by atoms with Gasteiger partial charge in [-0.25, -0.2) is 14.6 Å². The van der Waals surface area contributed by atoms with Crippen molar-refractivity contribution in [2.75, 3.05) is 6.26 Å². The fourth-order valence-corrected chi connectivity index (χ4v) is 5.02. The molecular formula is C14H13N5O2S3. The maximum absolute atomic E-state index is 12.8. The number of aryl methyl sites for hydroxylation is 2. The summed E-state index contributed by atoms with van der Waals surface area (Å²) in [6.07, 6.45) is 3.28. The van der Waals surface area contributed by atoms with Gasteiger partial charge in [-0.2, -0.15) is 5.10 Å². The number of thiazole rings is 2. The number of aromatic nitrogens is 5. The number of hydrogen-bond donors (Lipinski definition) is 0. The van der Waals surface area contributed by atoms with E-state index in [9.17, 15) is 9.00 Å². The van der Waals surface area contributed by atoms with Crippen LogP contribution in [0.25, 0.3) is 21.3 Å². The van der Waals surface area contributed by atoms with E-state index in [0.29, 0.717) is 22.0 Å². The Hall–Kier alpha value is -1.91. The summed E-state index contributed by atoms with van der Waals surface area (Å²) < 4.78 is 16.2. The van der Waals surface area contributed by atoms with E-state index < -0.39 is 10.8 Å². The van der Waals surface area contributed by atoms with Crippen LogP contribution in [0.1, 0.15) is 10.7 Å². The molecule has 0 radical (unpaired) electrons. The summed E-state index contributed by atoms with van der Waals surface area (Å²) >= 11 is 2.90. The van der Waals surface area contributed by atoms with E-state index in [2.05, 4.69) is 15.1 Å². The van der Waals surface area contributed by atoms with Gasteiger partial charge in [-0.15, -0.1) is 22.7 Å². The molecule has 24 heavy (non-hydrogen) atoms. The Bertz CT molecular complexity index is 1170. The van der Waals surface area contributed by atoms with Crippen LogP contribution >= 0.6 is 22.7 Å². The third kappa shape index (κ3) is 2.33. The summed E-state index contributed by atoms with van der Waals surface area (Å²) in [5, 5.41) is 7.93. The average Bonchev–Trinajstić information content (AvgIpc) is 3.20. The summed E-state index contributed by atoms with van der Waals surface area (Å²) in [6, 6.07) is 0. The number of fused-ring (bicyclic) bond motifs is 3. The van der Waals surface area contributed by atoms with E-state index in [1.165, 1.54) is 16.0 Å². The third-order valence-corrected chi connectivity index (χ3v) is 6.96. The molecule has 124 valence electrons. The van der Waals surface area contributed by atoms with Gasteiger partial charge in [-0.05, 0) is 6.92 Å². The zero-order chi connectivity index (χ0) is 17.0. The largest absolute Gasteiger partial charge is 0.323 e. The molecule has 0 saturated carbocycles. The minimum atomic E-state index is -1.14. The lowest BCUT2D eigenvalue weighted by atomic mass is 10.3. The van der Waals surface area contributed by atoms with E-state index in [1.54, 1.807) is 35.4 Å². The van der Waals surface area contributed by atoms with Gasteiger partial charge in [0.2, 0.25) is 0 Å². The predicted molar refractivity (Wildman–Crippen MR) is 96.4 cm³/mol. The fraction of sp³-hybridized carbons (Fsp3) is 0.286. The SMILES string of the molecule is Cc1nc(Cn2ncc3c4sc(S(C)=O)nc4n(C)c3c2=O)cs1. The molecule has 0 amide bonds. The normalized spacial score (nSPS) is 13.1. The molecule has 0 aromatic carbocycles. The molecule has 0 aliphatic rings. The summed E-state index contributed by atoms with van der Waals surface area (Å²) in [5.41, 5.74) is 1.87. The second-order valence-corrected chi connectivity index (χ2v) is 8.99. The highest BCUT2D eigenvalue weighted by atomic mass is 32.2. The van der Waals surface area contributed by atoms with Crippen LogP contribution in [0.15, 0.2) is 20.7 Å². The van der Waals surface area contributed by atoms with Gasteiger partial charge in [0.1, 0.15) is 5.52 Å². The van der Waals surface area contributed by atoms with Gasteiger partial charge in [0.05, 0.1) is 38.9 Å². The Balaban J connectivity index is 1.91. The van der Waals surface area contributed by atoms with Gasteiger partial charge in [0.25, 0.3) is 5.56 Å². The van der Waals surface area contributed by atoms with Gasteiger partial charge >= 0.3 is 0 Å². The second-order valence-electron chi connectivity index (χ2n) is 5.37. The van der Waals surface area contributed by atoms with Crippen LogP contribution in [-0.2, 0) is 24.4 Å². The summed E-state index contributed by atoms with van der Waals surface area (Å²) in [4.78, 5) is 21.6. The van der Waals surface area contributed by atoms with E-state index in [4.69, 9.17) is 0 Å². The van der Waals surface area contributed by atoms with Crippen LogP contribution in [0.5, 0.6) is 0 Å². The second kappa shape index (κ2) is 5.57. The molecule has 10 heteroatoms. The molecule has 4 aromatic rings. The molecule has 0 aliphatic carbocycles. The van der Waals surface area contributed by atoms with Crippen molar-refractivity contribution in [2.45, 2.75) is 17.8 Å². The highest BCUT2D eigenvalue weighted by molar-refractivity contribution is 7.86. The maximum Gasteiger partial charge on any atom is 0.291 e. The smallest absolute Gasteiger partial charge is 0.291 e. The first-order valence-electron chi connectivity index (χ1n) is 7.05. The van der Waals surface area contributed by atoms with Crippen molar-refractivity contribution < 1.29 is 4.21 Å². The molecule has 0 bridgehead atoms. The summed E-state index contributed by atoms with van der Waals surface area (Å²) in [7, 11) is 0.655. The van der Waals surface area contributed by atoms with Crippen molar-refractivity contribution in [3.8, 4) is 0 Å². The van der Waals surface area contributed by atoms with E-state index in [-0.39, 0.29) is 5.56 Å². The van der Waals surface area contributed by atoms with E-state index in [1.807, 2.05) is 12.3 Å². The van der Waals surface area contributed by atoms with Crippen LogP contribution in [-0.4, -0.2) is 34.8 Å². The van der Waals surface area contributed by atoms with Crippen molar-refractivity contribution in [1.29, 1.82) is 0 Å². The predicted octanol–water partition coefficient (Wildman–Crippen LogP) is 1.90. The van der Waals surface area contributed by atoms with Crippen molar-refractivity contribution in [1.82, 2.24) is 24.3 Å². The van der Waals surface area contributed by atoms with E-state index >= 15 is 0 Å². The standard InChI is InChI=1S/C14H13N5O2S3/c1-7-16-8(6-22-7)5-19-13(20)10-9(4-15-19)11-12(18(10)2)17-14(23-11)24(3)21/h4,6H,5H2,1-3H3. The Morgan fingerprint density at radius 1 is 1.33 bits per heavy atom. The van der Waals surface area contributed by atoms with Crippen LogP contribution in [0.4, 0.5) is 0 Å². The zero-order valence-corrected chi connectivity index (χ0v) is 15.6. The lowest BCUT2D eigenvalue weighted by Gasteiger charge is -2.03. The Kier molecular flexibility index (Phi) is 3.62. The van der Waals surface area contributed by atoms with Gasteiger partial charge < -0.3 is 4.57 Å². The average molecular weight is 379 g/mol. The molecule has 4 heterocycles. The van der Waals surface area contributed by atoms with E-state index in [0.717, 1.165) is 20.8 Å². The fourth-order valence-electron chi connectivity index (χ4n) is 2.64. The number of nitrogens with zero attached hydrogens (tertiary/aromatic N) is 5. The van der Waals surface area contributed by atoms with Gasteiger partial charge in [-0.1, -0.05) is 0 Å². The molecule has 0 N–H and O–H groups in total. The Morgan fingerprint density at radius 2 is 2.12 bits per heavy atom. The molecule has 0 fully saturated rings. The highest BCUT2D eigenvalue weighted by Gasteiger charge is 2.19. The van der Waals surface area contributed by atoms with Gasteiger partial charge in [0.15, 0.2) is 9.99 Å². The van der Waals surface area contributed by atoms with Crippen LogP contribution in [0, 0.1) is 6.92 Å². The monoisotopic (exact) mass is 379 g/mol. The molecule has 0 saturated heterocycles. The molecule has 1 atom stereocenters. The number of hydrogen-bond acceptors (Lipinski definition) is 7. The van der Waals surface area contributed by atoms with Crippen molar-refractivity contribution in [2.24, 2.45) is 7.05 Å². The molecule has 4 rings (SSSR count). The minimum Gasteiger partial charge on any atom is -0.323 e. The first-order valence-corrected chi connectivity index (χ1v) is 10.3. The molecule has 0 spiro atoms. The quantitative estimate of drug-likeness (QED) is 0.543. The highest BCUT2D eigenvalue weighted by Crippen LogP contribution is 2.31. The first kappa shape index (κ1) is 15.6. The van der Waals surface area contributed by atoms with Crippen molar-refractivity contribution in [3.05, 3.63) is 32.6 Å². The molecule has 7 nitrogen and oxygen atoms in total. The lowest BCUT2D eigenvalue weighted by molar-refractivity contribution is 0.634. The number of rotatable bonds is 3. The zero-order valence-electron chi connectivity index (χ0n) is 13.1. The summed E-state index contributed by atoms with van der Waals surface area (Å²) in [5.74, 6) is 0.